The predicted molar refractivity (Wildman–Crippen MR) is 93.7 cm³/mol. The van der Waals surface area contributed by atoms with Crippen LogP contribution in [-0.2, 0) is 16.3 Å². The van der Waals surface area contributed by atoms with Gasteiger partial charge < -0.3 is 10.2 Å². The topological polar surface area (TPSA) is 92.3 Å². The third-order valence-corrected chi connectivity index (χ3v) is 6.36. The third kappa shape index (κ3) is 3.21. The number of carbonyl (C=O) groups is 1. The van der Waals surface area contributed by atoms with E-state index >= 15 is 0 Å². The SMILES string of the molecule is O=C(NC1CCS(=O)(=O)C1)c1cnc(N2CCc3ccccc32)nc1. The fourth-order valence-corrected chi connectivity index (χ4v) is 4.97. The van der Waals surface area contributed by atoms with Gasteiger partial charge in [0.05, 0.1) is 17.1 Å². The number of aromatic nitrogens is 2. The van der Waals surface area contributed by atoms with E-state index in [-0.39, 0.29) is 23.5 Å². The molecule has 0 bridgehead atoms. The van der Waals surface area contributed by atoms with Gasteiger partial charge in [-0.25, -0.2) is 18.4 Å². The third-order valence-electron chi connectivity index (χ3n) is 4.60. The molecule has 1 atom stereocenters. The number of benzene rings is 1. The molecule has 7 nitrogen and oxygen atoms in total. The molecule has 25 heavy (non-hydrogen) atoms. The maximum absolute atomic E-state index is 12.2. The van der Waals surface area contributed by atoms with E-state index in [4.69, 9.17) is 0 Å². The second kappa shape index (κ2) is 6.11. The van der Waals surface area contributed by atoms with E-state index in [1.165, 1.54) is 18.0 Å². The molecule has 2 aliphatic rings. The zero-order valence-corrected chi connectivity index (χ0v) is 14.4. The summed E-state index contributed by atoms with van der Waals surface area (Å²) < 4.78 is 22.9. The molecule has 1 aromatic carbocycles. The smallest absolute Gasteiger partial charge is 0.254 e. The number of fused-ring (bicyclic) bond motifs is 1. The van der Waals surface area contributed by atoms with Gasteiger partial charge in [-0.05, 0) is 24.5 Å². The van der Waals surface area contributed by atoms with E-state index in [1.54, 1.807) is 0 Å². The molecule has 1 saturated heterocycles. The summed E-state index contributed by atoms with van der Waals surface area (Å²) in [4.78, 5) is 22.9. The number of amides is 1. The molecular weight excluding hydrogens is 340 g/mol. The van der Waals surface area contributed by atoms with Gasteiger partial charge in [0.25, 0.3) is 5.91 Å². The molecule has 3 heterocycles. The van der Waals surface area contributed by atoms with E-state index in [0.717, 1.165) is 18.7 Å². The minimum atomic E-state index is -3.02. The van der Waals surface area contributed by atoms with E-state index in [1.807, 2.05) is 23.1 Å². The second-order valence-corrected chi connectivity index (χ2v) is 8.60. The number of rotatable bonds is 3. The van der Waals surface area contributed by atoms with Crippen LogP contribution < -0.4 is 10.2 Å². The summed E-state index contributed by atoms with van der Waals surface area (Å²) in [5.74, 6) is 0.352. The average molecular weight is 358 g/mol. The standard InChI is InChI=1S/C17H18N4O3S/c22-16(20-14-6-8-25(23,24)11-14)13-9-18-17(19-10-13)21-7-5-12-3-1-2-4-15(12)21/h1-4,9-10,14H,5-8,11H2,(H,20,22). The minimum absolute atomic E-state index is 0.00222. The van der Waals surface area contributed by atoms with Crippen molar-refractivity contribution >= 4 is 27.4 Å². The number of hydrogen-bond acceptors (Lipinski definition) is 6. The van der Waals surface area contributed by atoms with Crippen molar-refractivity contribution in [3.05, 3.63) is 47.8 Å². The lowest BCUT2D eigenvalue weighted by Gasteiger charge is -2.17. The van der Waals surface area contributed by atoms with Crippen LogP contribution >= 0.6 is 0 Å². The molecule has 1 fully saturated rings. The van der Waals surface area contributed by atoms with Gasteiger partial charge in [-0.3, -0.25) is 4.79 Å². The molecule has 130 valence electrons. The maximum atomic E-state index is 12.2. The van der Waals surface area contributed by atoms with Gasteiger partial charge in [-0.1, -0.05) is 18.2 Å². The molecule has 4 rings (SSSR count). The summed E-state index contributed by atoms with van der Waals surface area (Å²) >= 11 is 0. The number of hydrogen-bond donors (Lipinski definition) is 1. The van der Waals surface area contributed by atoms with E-state index in [9.17, 15) is 13.2 Å². The van der Waals surface area contributed by atoms with Crippen molar-refractivity contribution in [3.63, 3.8) is 0 Å². The monoisotopic (exact) mass is 358 g/mol. The largest absolute Gasteiger partial charge is 0.348 e. The Labute approximate surface area is 146 Å². The van der Waals surface area contributed by atoms with Crippen LogP contribution in [0.3, 0.4) is 0 Å². The highest BCUT2D eigenvalue weighted by Crippen LogP contribution is 2.31. The van der Waals surface area contributed by atoms with Crippen LogP contribution in [0.4, 0.5) is 11.6 Å². The first kappa shape index (κ1) is 16.0. The Morgan fingerprint density at radius 2 is 1.96 bits per heavy atom. The second-order valence-electron chi connectivity index (χ2n) is 6.38. The van der Waals surface area contributed by atoms with Crippen LogP contribution in [0, 0.1) is 0 Å². The van der Waals surface area contributed by atoms with E-state index < -0.39 is 9.84 Å². The zero-order valence-electron chi connectivity index (χ0n) is 13.6. The summed E-state index contributed by atoms with van der Waals surface area (Å²) in [7, 11) is -3.02. The van der Waals surface area contributed by atoms with Crippen LogP contribution in [0.15, 0.2) is 36.7 Å². The first-order valence-corrected chi connectivity index (χ1v) is 10.0. The summed E-state index contributed by atoms with van der Waals surface area (Å²) in [5.41, 5.74) is 2.69. The van der Waals surface area contributed by atoms with Gasteiger partial charge in [0.2, 0.25) is 5.95 Å². The van der Waals surface area contributed by atoms with Gasteiger partial charge in [-0.15, -0.1) is 0 Å². The summed E-state index contributed by atoms with van der Waals surface area (Å²) in [6.45, 7) is 0.810. The van der Waals surface area contributed by atoms with Crippen LogP contribution in [0.25, 0.3) is 0 Å². The molecule has 2 aliphatic heterocycles. The Balaban J connectivity index is 1.47. The number of para-hydroxylation sites is 1. The molecular formula is C17H18N4O3S. The quantitative estimate of drug-likeness (QED) is 0.883. The highest BCUT2D eigenvalue weighted by Gasteiger charge is 2.29. The molecule has 0 spiro atoms. The van der Waals surface area contributed by atoms with Gasteiger partial charge in [-0.2, -0.15) is 0 Å². The lowest BCUT2D eigenvalue weighted by atomic mass is 10.2. The lowest BCUT2D eigenvalue weighted by Crippen LogP contribution is -2.35. The molecule has 0 radical (unpaired) electrons. The molecule has 2 aromatic rings. The van der Waals surface area contributed by atoms with Crippen LogP contribution in [0.5, 0.6) is 0 Å². The van der Waals surface area contributed by atoms with Crippen molar-refractivity contribution in [2.24, 2.45) is 0 Å². The van der Waals surface area contributed by atoms with Crippen molar-refractivity contribution in [3.8, 4) is 0 Å². The molecule has 0 saturated carbocycles. The van der Waals surface area contributed by atoms with Crippen molar-refractivity contribution in [2.45, 2.75) is 18.9 Å². The van der Waals surface area contributed by atoms with Gasteiger partial charge in [0.15, 0.2) is 9.84 Å². The fraction of sp³-hybridized carbons (Fsp3) is 0.353. The molecule has 0 aliphatic carbocycles. The minimum Gasteiger partial charge on any atom is -0.348 e. The van der Waals surface area contributed by atoms with E-state index in [0.29, 0.717) is 17.9 Å². The van der Waals surface area contributed by atoms with Crippen molar-refractivity contribution in [1.29, 1.82) is 0 Å². The average Bonchev–Trinajstić information content (AvgIpc) is 3.18. The van der Waals surface area contributed by atoms with Crippen LogP contribution in [-0.4, -0.2) is 48.4 Å². The number of sulfone groups is 1. The predicted octanol–water partition coefficient (Wildman–Crippen LogP) is 1.09. The Bertz CT molecular complexity index is 912. The van der Waals surface area contributed by atoms with Crippen LogP contribution in [0.1, 0.15) is 22.3 Å². The number of nitrogens with zero attached hydrogens (tertiary/aromatic N) is 3. The molecule has 1 N–H and O–H groups in total. The Morgan fingerprint density at radius 3 is 2.68 bits per heavy atom. The van der Waals surface area contributed by atoms with Crippen molar-refractivity contribution in [2.75, 3.05) is 23.0 Å². The highest BCUT2D eigenvalue weighted by atomic mass is 32.2. The summed E-state index contributed by atoms with van der Waals surface area (Å²) in [6.07, 6.45) is 4.37. The number of carbonyl (C=O) groups excluding carboxylic acids is 1. The Morgan fingerprint density at radius 1 is 1.20 bits per heavy atom. The lowest BCUT2D eigenvalue weighted by molar-refractivity contribution is 0.0940. The zero-order chi connectivity index (χ0) is 17.4. The molecule has 1 amide bonds. The maximum Gasteiger partial charge on any atom is 0.254 e. The van der Waals surface area contributed by atoms with Gasteiger partial charge in [0, 0.05) is 30.7 Å². The first-order valence-electron chi connectivity index (χ1n) is 8.21. The van der Waals surface area contributed by atoms with Gasteiger partial charge >= 0.3 is 0 Å². The summed E-state index contributed by atoms with van der Waals surface area (Å²) in [6, 6.07) is 7.79. The van der Waals surface area contributed by atoms with Crippen LogP contribution in [0.2, 0.25) is 0 Å². The summed E-state index contributed by atoms with van der Waals surface area (Å²) in [5, 5.41) is 2.74. The molecule has 1 unspecified atom stereocenters. The highest BCUT2D eigenvalue weighted by molar-refractivity contribution is 7.91. The van der Waals surface area contributed by atoms with E-state index in [2.05, 4.69) is 21.4 Å². The number of anilines is 2. The Kier molecular flexibility index (Phi) is 3.91. The van der Waals surface area contributed by atoms with Crippen molar-refractivity contribution in [1.82, 2.24) is 15.3 Å². The fourth-order valence-electron chi connectivity index (χ4n) is 3.30. The molecule has 1 aromatic heterocycles. The first-order chi connectivity index (χ1) is 12.0. The number of nitrogens with one attached hydrogen (secondary N) is 1. The molecule has 8 heteroatoms. The Hall–Kier alpha value is -2.48. The normalized spacial score (nSPS) is 21.1. The van der Waals surface area contributed by atoms with Crippen molar-refractivity contribution < 1.29 is 13.2 Å². The van der Waals surface area contributed by atoms with Gasteiger partial charge in [0.1, 0.15) is 0 Å².